The van der Waals surface area contributed by atoms with Gasteiger partial charge in [0.05, 0.1) is 11.2 Å². The highest BCUT2D eigenvalue weighted by atomic mass is 16.7. The van der Waals surface area contributed by atoms with Crippen LogP contribution in [0.15, 0.2) is 12.1 Å². The molecule has 0 radical (unpaired) electrons. The maximum atomic E-state index is 6.22. The van der Waals surface area contributed by atoms with E-state index in [0.29, 0.717) is 0 Å². The highest BCUT2D eigenvalue weighted by molar-refractivity contribution is 6.62. The molecule has 3 rings (SSSR count). The van der Waals surface area contributed by atoms with Crippen molar-refractivity contribution in [2.24, 2.45) is 0 Å². The van der Waals surface area contributed by atoms with Crippen LogP contribution in [0, 0.1) is 13.8 Å². The Morgan fingerprint density at radius 3 is 2.05 bits per heavy atom. The summed E-state index contributed by atoms with van der Waals surface area (Å²) in [4.78, 5) is 0. The lowest BCUT2D eigenvalue weighted by Crippen LogP contribution is -2.41. The molecule has 0 aromatic heterocycles. The van der Waals surface area contributed by atoms with Crippen molar-refractivity contribution in [2.45, 2.75) is 71.5 Å². The number of rotatable bonds is 2. The fourth-order valence-corrected chi connectivity index (χ4v) is 2.78. The summed E-state index contributed by atoms with van der Waals surface area (Å²) in [6.45, 7) is 12.8. The predicted octanol–water partition coefficient (Wildman–Crippen LogP) is 3.48. The van der Waals surface area contributed by atoms with Crippen LogP contribution in [0.2, 0.25) is 0 Å². The van der Waals surface area contributed by atoms with Crippen molar-refractivity contribution >= 4 is 12.6 Å². The molecule has 1 aliphatic carbocycles. The minimum atomic E-state index is -0.270. The van der Waals surface area contributed by atoms with Crippen LogP contribution in [0.5, 0.6) is 0 Å². The van der Waals surface area contributed by atoms with Crippen LogP contribution in [-0.4, -0.2) is 18.3 Å². The predicted molar refractivity (Wildman–Crippen MR) is 83.6 cm³/mol. The van der Waals surface area contributed by atoms with Gasteiger partial charge in [-0.15, -0.1) is 0 Å². The number of hydrogen-bond donors (Lipinski definition) is 0. The molecule has 1 aromatic carbocycles. The Bertz CT molecular complexity index is 528. The lowest BCUT2D eigenvalue weighted by molar-refractivity contribution is 0.00578. The third-order valence-electron chi connectivity index (χ3n) is 5.29. The fourth-order valence-electron chi connectivity index (χ4n) is 2.78. The van der Waals surface area contributed by atoms with Crippen LogP contribution in [0.4, 0.5) is 0 Å². The topological polar surface area (TPSA) is 18.5 Å². The molecule has 3 heteroatoms. The van der Waals surface area contributed by atoms with Gasteiger partial charge in [-0.25, -0.2) is 0 Å². The van der Waals surface area contributed by atoms with Gasteiger partial charge < -0.3 is 9.31 Å². The van der Waals surface area contributed by atoms with E-state index in [-0.39, 0.29) is 18.3 Å². The third kappa shape index (κ3) is 2.21. The normalized spacial score (nSPS) is 24.2. The second kappa shape index (κ2) is 4.35. The molecular weight excluding hydrogens is 247 g/mol. The van der Waals surface area contributed by atoms with Crippen molar-refractivity contribution in [2.75, 3.05) is 0 Å². The number of benzene rings is 1. The van der Waals surface area contributed by atoms with E-state index in [9.17, 15) is 0 Å². The van der Waals surface area contributed by atoms with Crippen LogP contribution in [0.3, 0.4) is 0 Å². The van der Waals surface area contributed by atoms with Crippen LogP contribution in [0.25, 0.3) is 0 Å². The SMILES string of the molecule is Cc1cc(C2CC2)cc(B2OC(C)(C)C(C)(C)O2)c1C. The van der Waals surface area contributed by atoms with Gasteiger partial charge in [-0.1, -0.05) is 12.1 Å². The quantitative estimate of drug-likeness (QED) is 0.767. The Kier molecular flexibility index (Phi) is 3.08. The van der Waals surface area contributed by atoms with Crippen molar-refractivity contribution < 1.29 is 9.31 Å². The van der Waals surface area contributed by atoms with Crippen molar-refractivity contribution in [1.82, 2.24) is 0 Å². The maximum absolute atomic E-state index is 6.22. The zero-order valence-electron chi connectivity index (χ0n) is 13.5. The van der Waals surface area contributed by atoms with E-state index in [2.05, 4.69) is 53.7 Å². The molecule has 20 heavy (non-hydrogen) atoms. The third-order valence-corrected chi connectivity index (χ3v) is 5.29. The molecular formula is C17H25BO2. The lowest BCUT2D eigenvalue weighted by atomic mass is 9.74. The second-order valence-electron chi connectivity index (χ2n) is 7.41. The summed E-state index contributed by atoms with van der Waals surface area (Å²) in [5, 5.41) is 0. The standard InChI is InChI=1S/C17H25BO2/c1-11-9-14(13-7-8-13)10-15(12(11)2)18-19-16(3,4)17(5,6)20-18/h9-10,13H,7-8H2,1-6H3. The van der Waals surface area contributed by atoms with Gasteiger partial charge in [0, 0.05) is 0 Å². The van der Waals surface area contributed by atoms with Gasteiger partial charge in [-0.05, 0) is 82.5 Å². The van der Waals surface area contributed by atoms with E-state index in [1.54, 1.807) is 0 Å². The van der Waals surface area contributed by atoms with Gasteiger partial charge in [0.2, 0.25) is 0 Å². The molecule has 1 saturated heterocycles. The molecule has 1 saturated carbocycles. The number of aryl methyl sites for hydroxylation is 1. The molecule has 0 atom stereocenters. The maximum Gasteiger partial charge on any atom is 0.495 e. The Balaban J connectivity index is 1.98. The van der Waals surface area contributed by atoms with E-state index >= 15 is 0 Å². The molecule has 0 unspecified atom stereocenters. The highest BCUT2D eigenvalue weighted by Gasteiger charge is 2.52. The largest absolute Gasteiger partial charge is 0.495 e. The van der Waals surface area contributed by atoms with E-state index in [4.69, 9.17) is 9.31 Å². The van der Waals surface area contributed by atoms with E-state index in [0.717, 1.165) is 5.92 Å². The van der Waals surface area contributed by atoms with Gasteiger partial charge in [0.1, 0.15) is 0 Å². The zero-order chi connectivity index (χ0) is 14.7. The highest BCUT2D eigenvalue weighted by Crippen LogP contribution is 2.41. The molecule has 1 aromatic rings. The van der Waals surface area contributed by atoms with Crippen LogP contribution in [-0.2, 0) is 9.31 Å². The van der Waals surface area contributed by atoms with Crippen molar-refractivity contribution in [3.63, 3.8) is 0 Å². The first kappa shape index (κ1) is 14.2. The summed E-state index contributed by atoms with van der Waals surface area (Å²) in [7, 11) is -0.239. The molecule has 0 bridgehead atoms. The summed E-state index contributed by atoms with van der Waals surface area (Å²) >= 11 is 0. The van der Waals surface area contributed by atoms with Gasteiger partial charge in [0.15, 0.2) is 0 Å². The van der Waals surface area contributed by atoms with Crippen LogP contribution in [0.1, 0.15) is 63.1 Å². The van der Waals surface area contributed by atoms with Crippen molar-refractivity contribution in [1.29, 1.82) is 0 Å². The van der Waals surface area contributed by atoms with E-state index < -0.39 is 0 Å². The fraction of sp³-hybridized carbons (Fsp3) is 0.647. The molecule has 0 amide bonds. The average Bonchev–Trinajstić information content (AvgIpc) is 3.11. The first-order chi connectivity index (χ1) is 9.21. The molecule has 0 N–H and O–H groups in total. The van der Waals surface area contributed by atoms with Crippen molar-refractivity contribution in [3.8, 4) is 0 Å². The van der Waals surface area contributed by atoms with E-state index in [1.807, 2.05) is 0 Å². The Labute approximate surface area is 123 Å². The summed E-state index contributed by atoms with van der Waals surface area (Å²) in [6, 6.07) is 4.64. The Hall–Kier alpha value is -0.795. The van der Waals surface area contributed by atoms with E-state index in [1.165, 1.54) is 35.0 Å². The molecule has 2 nitrogen and oxygen atoms in total. The monoisotopic (exact) mass is 272 g/mol. The van der Waals surface area contributed by atoms with Gasteiger partial charge in [-0.3, -0.25) is 0 Å². The summed E-state index contributed by atoms with van der Waals surface area (Å²) < 4.78 is 12.4. The lowest BCUT2D eigenvalue weighted by Gasteiger charge is -2.32. The number of hydrogen-bond acceptors (Lipinski definition) is 2. The van der Waals surface area contributed by atoms with Crippen molar-refractivity contribution in [3.05, 3.63) is 28.8 Å². The minimum absolute atomic E-state index is 0.239. The first-order valence-electron chi connectivity index (χ1n) is 7.68. The molecule has 1 heterocycles. The molecule has 2 fully saturated rings. The summed E-state index contributed by atoms with van der Waals surface area (Å²) in [5.74, 6) is 0.760. The molecule has 0 spiro atoms. The summed E-state index contributed by atoms with van der Waals surface area (Å²) in [6.07, 6.45) is 2.65. The summed E-state index contributed by atoms with van der Waals surface area (Å²) in [5.41, 5.74) is 4.77. The average molecular weight is 272 g/mol. The van der Waals surface area contributed by atoms with Crippen LogP contribution < -0.4 is 5.46 Å². The Morgan fingerprint density at radius 1 is 1.00 bits per heavy atom. The van der Waals surface area contributed by atoms with Gasteiger partial charge in [-0.2, -0.15) is 0 Å². The molecule has 108 valence electrons. The zero-order valence-corrected chi connectivity index (χ0v) is 13.5. The Morgan fingerprint density at radius 2 is 1.55 bits per heavy atom. The van der Waals surface area contributed by atoms with Crippen LogP contribution >= 0.6 is 0 Å². The smallest absolute Gasteiger partial charge is 0.399 e. The van der Waals surface area contributed by atoms with Gasteiger partial charge >= 0.3 is 7.12 Å². The molecule has 1 aliphatic heterocycles. The first-order valence-corrected chi connectivity index (χ1v) is 7.68. The minimum Gasteiger partial charge on any atom is -0.399 e. The second-order valence-corrected chi connectivity index (χ2v) is 7.41. The van der Waals surface area contributed by atoms with Gasteiger partial charge in [0.25, 0.3) is 0 Å². The molecule has 2 aliphatic rings.